The fraction of sp³-hybridized carbons (Fsp3) is 0.538. The minimum atomic E-state index is 0.147. The predicted molar refractivity (Wildman–Crippen MR) is 174 cm³/mol. The molecule has 8 fully saturated rings. The number of hydrogen-bond acceptors (Lipinski definition) is 6. The Morgan fingerprint density at radius 3 is 1.74 bits per heavy atom. The molecule has 8 saturated carbocycles. The van der Waals surface area contributed by atoms with Gasteiger partial charge in [-0.2, -0.15) is 0 Å². The molecule has 0 atom stereocenters. The molecule has 0 spiro atoms. The van der Waals surface area contributed by atoms with Gasteiger partial charge in [-0.25, -0.2) is 0 Å². The summed E-state index contributed by atoms with van der Waals surface area (Å²) < 4.78 is 8.19. The summed E-state index contributed by atoms with van der Waals surface area (Å²) in [6.07, 6.45) is 19.7. The first-order valence-corrected chi connectivity index (χ1v) is 17.9. The third-order valence-corrected chi connectivity index (χ3v) is 12.5. The number of nitrogens with zero attached hydrogens (tertiary/aromatic N) is 2. The van der Waals surface area contributed by atoms with Crippen molar-refractivity contribution in [3.63, 3.8) is 0 Å². The summed E-state index contributed by atoms with van der Waals surface area (Å²) in [5, 5.41) is 31.3. The van der Waals surface area contributed by atoms with Gasteiger partial charge < -0.3 is 15.3 Å². The van der Waals surface area contributed by atoms with Gasteiger partial charge in [-0.3, -0.25) is 9.98 Å². The zero-order valence-corrected chi connectivity index (χ0v) is 28.0. The zero-order valence-electron chi connectivity index (χ0n) is 26.6. The average molecular weight is 658 g/mol. The van der Waals surface area contributed by atoms with E-state index in [0.717, 1.165) is 69.7 Å². The normalized spacial score (nSPS) is 34.5. The molecule has 1 aromatic heterocycles. The maximum absolute atomic E-state index is 11.0. The van der Waals surface area contributed by atoms with Crippen LogP contribution in [0.25, 0.3) is 0 Å². The van der Waals surface area contributed by atoms with Gasteiger partial charge in [0.1, 0.15) is 5.75 Å². The van der Waals surface area contributed by atoms with Crippen molar-refractivity contribution < 1.29 is 36.4 Å². The summed E-state index contributed by atoms with van der Waals surface area (Å²) in [5.41, 5.74) is 4.59. The third-order valence-electron chi connectivity index (χ3n) is 12.5. The molecule has 6 nitrogen and oxygen atoms in total. The number of hydrogen-bond donors (Lipinski definition) is 3. The second kappa shape index (κ2) is 12.9. The van der Waals surface area contributed by atoms with Gasteiger partial charge in [0.2, 0.25) is 0 Å². The summed E-state index contributed by atoms with van der Waals surface area (Å²) in [6.45, 7) is 0.523. The molecule has 8 bridgehead atoms. The van der Waals surface area contributed by atoms with E-state index in [-0.39, 0.29) is 28.1 Å². The number of aliphatic imine (C=N–C) groups is 1. The van der Waals surface area contributed by atoms with E-state index in [0.29, 0.717) is 6.54 Å². The summed E-state index contributed by atoms with van der Waals surface area (Å²) in [7, 11) is 0. The molecule has 0 aliphatic heterocycles. The van der Waals surface area contributed by atoms with Gasteiger partial charge in [-0.1, -0.05) is 24.3 Å². The quantitative estimate of drug-likeness (QED) is 0.189. The van der Waals surface area contributed by atoms with E-state index in [1.54, 1.807) is 24.5 Å². The molecule has 0 unspecified atom stereocenters. The predicted octanol–water partition coefficient (Wildman–Crippen LogP) is 8.32. The van der Waals surface area contributed by atoms with Crippen LogP contribution in [-0.4, -0.2) is 26.5 Å². The average Bonchev–Trinajstić information content (AvgIpc) is 3.04. The van der Waals surface area contributed by atoms with Crippen LogP contribution in [-0.2, 0) is 38.4 Å². The fourth-order valence-corrected chi connectivity index (χ4v) is 11.6. The molecule has 0 radical (unpaired) electrons. The van der Waals surface area contributed by atoms with Crippen molar-refractivity contribution >= 4 is 6.21 Å². The monoisotopic (exact) mass is 657 g/mol. The molecule has 2 aromatic carbocycles. The van der Waals surface area contributed by atoms with Crippen LogP contribution in [0.1, 0.15) is 99.4 Å². The van der Waals surface area contributed by atoms with Gasteiger partial charge in [0.05, 0.1) is 12.2 Å². The van der Waals surface area contributed by atoms with Gasteiger partial charge in [-0.15, -0.1) is 0 Å². The summed E-state index contributed by atoms with van der Waals surface area (Å²) in [6, 6.07) is 17.2. The molecular weight excluding hydrogens is 611 g/mol. The summed E-state index contributed by atoms with van der Waals surface area (Å²) in [5.74, 6) is 5.92. The molecule has 0 saturated heterocycles. The van der Waals surface area contributed by atoms with Crippen molar-refractivity contribution in [3.05, 3.63) is 83.2 Å². The number of pyridine rings is 1. The van der Waals surface area contributed by atoms with E-state index in [2.05, 4.69) is 16.0 Å². The van der Waals surface area contributed by atoms with Gasteiger partial charge in [0, 0.05) is 23.5 Å². The second-order valence-corrected chi connectivity index (χ2v) is 15.6. The van der Waals surface area contributed by atoms with Crippen LogP contribution >= 0.6 is 0 Å². The van der Waals surface area contributed by atoms with Gasteiger partial charge in [0.15, 0.2) is 11.5 Å². The molecule has 8 aliphatic carbocycles. The molecule has 3 N–H and O–H groups in total. The third kappa shape index (κ3) is 6.08. The first kappa shape index (κ1) is 31.6. The molecule has 1 heterocycles. The zero-order chi connectivity index (χ0) is 31.9. The Morgan fingerprint density at radius 1 is 0.696 bits per heavy atom. The SMILES string of the molecule is Oc1cc(C23CC4CC(CC(C4)C2)C3)cc(C23CC4CC(CC(C4)C2)C3)c1O.Oc1ccccc1C=NCc1ccccn1.[O]=[V]. The Labute approximate surface area is 282 Å². The topological polar surface area (TPSA) is 103 Å². The Kier molecular flexibility index (Phi) is 8.88. The molecule has 0 amide bonds. The number of para-hydroxylation sites is 1. The Hall–Kier alpha value is -2.96. The van der Waals surface area contributed by atoms with Crippen LogP contribution in [0, 0.1) is 35.5 Å². The molecule has 7 heteroatoms. The van der Waals surface area contributed by atoms with E-state index < -0.39 is 0 Å². The Morgan fingerprint density at radius 2 is 1.22 bits per heavy atom. The standard InChI is InChI=1S/C26H34O2.C13H12N2O.O.V/c27-23-8-21(25-9-15-1-16(10-25)3-17(2-15)11-25)7-22(24(23)28)26-12-18-4-19(13-26)6-20(5-18)14-26;16-13-7-2-1-5-11(13)9-14-10-12-6-3-4-8-15-12;;/h7-8,15-20,27-28H,1-6,9-14H2;1-9,16H,10H2;;. The number of aromatic nitrogens is 1. The van der Waals surface area contributed by atoms with Gasteiger partial charge in [-0.05, 0) is 159 Å². The number of phenols is 3. The number of aromatic hydroxyl groups is 3. The molecular formula is C39H46N2O4V. The van der Waals surface area contributed by atoms with Crippen molar-refractivity contribution in [2.24, 2.45) is 40.5 Å². The van der Waals surface area contributed by atoms with Gasteiger partial charge >= 0.3 is 21.0 Å². The summed E-state index contributed by atoms with van der Waals surface area (Å²) in [4.78, 5) is 8.38. The fourth-order valence-electron chi connectivity index (χ4n) is 11.6. The first-order valence-electron chi connectivity index (χ1n) is 17.3. The van der Waals surface area contributed by atoms with Crippen molar-refractivity contribution in [2.75, 3.05) is 0 Å². The van der Waals surface area contributed by atoms with Crippen LogP contribution in [0.2, 0.25) is 0 Å². The molecule has 8 aliphatic rings. The van der Waals surface area contributed by atoms with Crippen LogP contribution < -0.4 is 0 Å². The van der Waals surface area contributed by atoms with Crippen LogP contribution in [0.4, 0.5) is 0 Å². The van der Waals surface area contributed by atoms with E-state index in [4.69, 9.17) is 3.67 Å². The minimum absolute atomic E-state index is 0.147. The van der Waals surface area contributed by atoms with E-state index in [9.17, 15) is 15.3 Å². The second-order valence-electron chi connectivity index (χ2n) is 15.6. The van der Waals surface area contributed by atoms with E-state index >= 15 is 0 Å². The number of rotatable bonds is 5. The van der Waals surface area contributed by atoms with Gasteiger partial charge in [0.25, 0.3) is 0 Å². The molecule has 46 heavy (non-hydrogen) atoms. The van der Waals surface area contributed by atoms with Crippen molar-refractivity contribution in [3.8, 4) is 17.2 Å². The molecule has 3 aromatic rings. The molecule has 11 rings (SSSR count). The van der Waals surface area contributed by atoms with Crippen molar-refractivity contribution in [1.29, 1.82) is 0 Å². The van der Waals surface area contributed by atoms with Crippen molar-refractivity contribution in [1.82, 2.24) is 4.98 Å². The Balaban J connectivity index is 0.000000161. The van der Waals surface area contributed by atoms with Crippen LogP contribution in [0.3, 0.4) is 0 Å². The Bertz CT molecular complexity index is 1500. The first-order chi connectivity index (χ1) is 22.4. The van der Waals surface area contributed by atoms with Crippen LogP contribution in [0.15, 0.2) is 65.8 Å². The van der Waals surface area contributed by atoms with Crippen molar-refractivity contribution in [2.45, 2.75) is 94.4 Å². The van der Waals surface area contributed by atoms with Crippen LogP contribution in [0.5, 0.6) is 17.2 Å². The number of benzene rings is 2. The number of phenolic OH excluding ortho intramolecular Hbond substituents is 3. The summed E-state index contributed by atoms with van der Waals surface area (Å²) >= 11 is 1.06. The van der Waals surface area contributed by atoms with E-state index in [1.807, 2.05) is 36.4 Å². The molecule has 241 valence electrons. The maximum atomic E-state index is 11.0. The van der Waals surface area contributed by atoms with E-state index in [1.165, 1.54) is 82.6 Å².